The molecular formula is C9H15F2NO2. The van der Waals surface area contributed by atoms with Crippen LogP contribution in [-0.4, -0.2) is 41.5 Å². The number of nitrogens with zero attached hydrogens (tertiary/aromatic N) is 1. The number of carboxylic acids is 1. The molecule has 14 heavy (non-hydrogen) atoms. The molecule has 0 spiro atoms. The molecule has 1 atom stereocenters. The monoisotopic (exact) mass is 207 g/mol. The molecule has 1 aliphatic heterocycles. The van der Waals surface area contributed by atoms with Crippen LogP contribution in [0.2, 0.25) is 0 Å². The second kappa shape index (κ2) is 4.21. The topological polar surface area (TPSA) is 40.5 Å². The Labute approximate surface area is 81.7 Å². The summed E-state index contributed by atoms with van der Waals surface area (Å²) in [6.45, 7) is 0.625. The van der Waals surface area contributed by atoms with Crippen LogP contribution < -0.4 is 0 Å². The maximum Gasteiger partial charge on any atom is 0.309 e. The molecule has 1 rings (SSSR count). The van der Waals surface area contributed by atoms with Crippen molar-refractivity contribution in [2.45, 2.75) is 37.6 Å². The van der Waals surface area contributed by atoms with Crippen molar-refractivity contribution in [1.29, 1.82) is 0 Å². The van der Waals surface area contributed by atoms with Crippen LogP contribution in [0.25, 0.3) is 0 Å². The van der Waals surface area contributed by atoms with Gasteiger partial charge in [0.1, 0.15) is 6.42 Å². The molecule has 0 radical (unpaired) electrons. The van der Waals surface area contributed by atoms with E-state index in [-0.39, 0.29) is 0 Å². The van der Waals surface area contributed by atoms with Gasteiger partial charge < -0.3 is 5.11 Å². The van der Waals surface area contributed by atoms with E-state index in [0.29, 0.717) is 13.0 Å². The van der Waals surface area contributed by atoms with E-state index in [0.717, 1.165) is 12.8 Å². The van der Waals surface area contributed by atoms with Crippen LogP contribution in [-0.2, 0) is 4.79 Å². The molecule has 5 heteroatoms. The molecule has 0 aliphatic carbocycles. The van der Waals surface area contributed by atoms with Gasteiger partial charge in [-0.15, -0.1) is 0 Å². The largest absolute Gasteiger partial charge is 0.481 e. The van der Waals surface area contributed by atoms with Crippen molar-refractivity contribution in [2.24, 2.45) is 0 Å². The second-order valence-electron chi connectivity index (χ2n) is 3.82. The smallest absolute Gasteiger partial charge is 0.309 e. The molecule has 1 heterocycles. The van der Waals surface area contributed by atoms with Crippen LogP contribution in [0.15, 0.2) is 0 Å². The highest BCUT2D eigenvalue weighted by molar-refractivity contribution is 5.68. The van der Waals surface area contributed by atoms with E-state index in [9.17, 15) is 13.6 Å². The first-order valence-corrected chi connectivity index (χ1v) is 4.73. The van der Waals surface area contributed by atoms with Gasteiger partial charge in [-0.3, -0.25) is 9.69 Å². The van der Waals surface area contributed by atoms with Crippen LogP contribution >= 0.6 is 0 Å². The Hall–Kier alpha value is -0.710. The van der Waals surface area contributed by atoms with Gasteiger partial charge in [-0.1, -0.05) is 6.42 Å². The average Bonchev–Trinajstić information content (AvgIpc) is 2.02. The van der Waals surface area contributed by atoms with Crippen molar-refractivity contribution in [3.8, 4) is 0 Å². The molecular weight excluding hydrogens is 192 g/mol. The third kappa shape index (κ3) is 2.64. The van der Waals surface area contributed by atoms with Crippen molar-refractivity contribution in [3.05, 3.63) is 0 Å². The summed E-state index contributed by atoms with van der Waals surface area (Å²) in [5.41, 5.74) is 0. The van der Waals surface area contributed by atoms with E-state index < -0.39 is 24.4 Å². The zero-order valence-corrected chi connectivity index (χ0v) is 8.17. The average molecular weight is 207 g/mol. The lowest BCUT2D eigenvalue weighted by Gasteiger charge is -2.37. The quantitative estimate of drug-likeness (QED) is 0.763. The van der Waals surface area contributed by atoms with E-state index in [1.165, 1.54) is 0 Å². The van der Waals surface area contributed by atoms with Gasteiger partial charge in [0.15, 0.2) is 0 Å². The second-order valence-corrected chi connectivity index (χ2v) is 3.82. The summed E-state index contributed by atoms with van der Waals surface area (Å²) in [6, 6.07) is -0.910. The lowest BCUT2D eigenvalue weighted by molar-refractivity contribution is -0.152. The number of carboxylic acid groups (broad SMARTS) is 1. The van der Waals surface area contributed by atoms with Crippen LogP contribution in [0.5, 0.6) is 0 Å². The van der Waals surface area contributed by atoms with Gasteiger partial charge in [-0.05, 0) is 26.4 Å². The first-order chi connectivity index (χ1) is 6.43. The lowest BCUT2D eigenvalue weighted by Crippen LogP contribution is -2.49. The van der Waals surface area contributed by atoms with Crippen molar-refractivity contribution < 1.29 is 18.7 Å². The molecule has 0 saturated carbocycles. The Kier molecular flexibility index (Phi) is 3.42. The summed E-state index contributed by atoms with van der Waals surface area (Å²) in [7, 11) is 1.62. The molecule has 1 saturated heterocycles. The highest BCUT2D eigenvalue weighted by Crippen LogP contribution is 2.32. The van der Waals surface area contributed by atoms with Gasteiger partial charge in [0.25, 0.3) is 5.92 Å². The fourth-order valence-electron chi connectivity index (χ4n) is 1.93. The molecule has 0 aromatic rings. The standard InChI is InChI=1S/C9H15F2NO2/c1-12-5-3-2-4-7(12)9(10,11)6-8(13)14/h7H,2-6H2,1H3,(H,13,14). The Bertz CT molecular complexity index is 221. The van der Waals surface area contributed by atoms with Crippen LogP contribution in [0.1, 0.15) is 25.7 Å². The minimum Gasteiger partial charge on any atom is -0.481 e. The van der Waals surface area contributed by atoms with Crippen LogP contribution in [0.4, 0.5) is 8.78 Å². The Balaban J connectivity index is 2.63. The molecule has 1 unspecified atom stereocenters. The van der Waals surface area contributed by atoms with Crippen LogP contribution in [0.3, 0.4) is 0 Å². The number of likely N-dealkylation sites (tertiary alicyclic amines) is 1. The predicted molar refractivity (Wildman–Crippen MR) is 47.5 cm³/mol. The summed E-state index contributed by atoms with van der Waals surface area (Å²) >= 11 is 0. The molecule has 1 fully saturated rings. The van der Waals surface area contributed by atoms with Gasteiger partial charge >= 0.3 is 5.97 Å². The Morgan fingerprint density at radius 2 is 2.21 bits per heavy atom. The van der Waals surface area contributed by atoms with Gasteiger partial charge in [0.05, 0.1) is 6.04 Å². The first kappa shape index (κ1) is 11.4. The third-order valence-electron chi connectivity index (χ3n) is 2.64. The number of piperidine rings is 1. The zero-order chi connectivity index (χ0) is 10.8. The number of carbonyl (C=O) groups is 1. The van der Waals surface area contributed by atoms with E-state index in [1.807, 2.05) is 0 Å². The molecule has 0 aromatic carbocycles. The van der Waals surface area contributed by atoms with Gasteiger partial charge in [-0.25, -0.2) is 8.78 Å². The fourth-order valence-corrected chi connectivity index (χ4v) is 1.93. The number of halogens is 2. The van der Waals surface area contributed by atoms with E-state index in [4.69, 9.17) is 5.11 Å². The number of hydrogen-bond acceptors (Lipinski definition) is 2. The summed E-state index contributed by atoms with van der Waals surface area (Å²) < 4.78 is 26.8. The highest BCUT2D eigenvalue weighted by atomic mass is 19.3. The van der Waals surface area contributed by atoms with Gasteiger partial charge in [-0.2, -0.15) is 0 Å². The number of alkyl halides is 2. The number of aliphatic carboxylic acids is 1. The molecule has 0 bridgehead atoms. The summed E-state index contributed by atoms with van der Waals surface area (Å²) in [4.78, 5) is 11.8. The molecule has 0 aromatic heterocycles. The van der Waals surface area contributed by atoms with Crippen molar-refractivity contribution >= 4 is 5.97 Å². The van der Waals surface area contributed by atoms with Crippen molar-refractivity contribution in [3.63, 3.8) is 0 Å². The van der Waals surface area contributed by atoms with Crippen molar-refractivity contribution in [2.75, 3.05) is 13.6 Å². The predicted octanol–water partition coefficient (Wildman–Crippen LogP) is 1.58. The summed E-state index contributed by atoms with van der Waals surface area (Å²) in [5, 5.41) is 8.37. The minimum absolute atomic E-state index is 0.386. The van der Waals surface area contributed by atoms with E-state index in [1.54, 1.807) is 11.9 Å². The maximum absolute atomic E-state index is 13.4. The first-order valence-electron chi connectivity index (χ1n) is 4.73. The van der Waals surface area contributed by atoms with E-state index in [2.05, 4.69) is 0 Å². The summed E-state index contributed by atoms with van der Waals surface area (Å²) in [5.74, 6) is -4.55. The Morgan fingerprint density at radius 3 is 2.71 bits per heavy atom. The maximum atomic E-state index is 13.4. The minimum atomic E-state index is -3.11. The van der Waals surface area contributed by atoms with Gasteiger partial charge in [0.2, 0.25) is 0 Å². The number of hydrogen-bond donors (Lipinski definition) is 1. The molecule has 3 nitrogen and oxygen atoms in total. The zero-order valence-electron chi connectivity index (χ0n) is 8.17. The summed E-state index contributed by atoms with van der Waals surface area (Å²) in [6.07, 6.45) is 0.985. The molecule has 1 aliphatic rings. The van der Waals surface area contributed by atoms with Crippen LogP contribution in [0, 0.1) is 0 Å². The number of rotatable bonds is 3. The Morgan fingerprint density at radius 1 is 1.57 bits per heavy atom. The molecule has 0 amide bonds. The van der Waals surface area contributed by atoms with Gasteiger partial charge in [0, 0.05) is 0 Å². The lowest BCUT2D eigenvalue weighted by atomic mass is 9.95. The third-order valence-corrected chi connectivity index (χ3v) is 2.64. The molecule has 82 valence electrons. The highest BCUT2D eigenvalue weighted by Gasteiger charge is 2.44. The fraction of sp³-hybridized carbons (Fsp3) is 0.889. The van der Waals surface area contributed by atoms with Crippen molar-refractivity contribution in [1.82, 2.24) is 4.90 Å². The normalized spacial score (nSPS) is 24.9. The molecule has 1 N–H and O–H groups in total. The van der Waals surface area contributed by atoms with E-state index >= 15 is 0 Å². The SMILES string of the molecule is CN1CCCCC1C(F)(F)CC(=O)O.